The molecule has 1 atom stereocenters. The summed E-state index contributed by atoms with van der Waals surface area (Å²) in [5.74, 6) is 1.81. The average Bonchev–Trinajstić information content (AvgIpc) is 3.69. The normalized spacial score (nSPS) is 14.4. The highest BCUT2D eigenvalue weighted by atomic mass is 32.1. The molecule has 1 N–H and O–H groups in total. The van der Waals surface area contributed by atoms with E-state index in [1.54, 1.807) is 55.8 Å². The van der Waals surface area contributed by atoms with Gasteiger partial charge < -0.3 is 34.1 Å². The Bertz CT molecular complexity index is 1250. The lowest BCUT2D eigenvalue weighted by molar-refractivity contribution is -0.132. The molecule has 1 fully saturated rings. The summed E-state index contributed by atoms with van der Waals surface area (Å²) in [5.41, 5.74) is 1.62. The molecular weight excluding hydrogens is 530 g/mol. The van der Waals surface area contributed by atoms with Crippen LogP contribution in [0.25, 0.3) is 0 Å². The number of rotatable bonds is 13. The number of amides is 3. The smallest absolute Gasteiger partial charge is 0.322 e. The first-order valence-corrected chi connectivity index (χ1v) is 14.2. The quantitative estimate of drug-likeness (QED) is 0.311. The van der Waals surface area contributed by atoms with Crippen molar-refractivity contribution in [3.8, 4) is 17.2 Å². The number of ether oxygens (including phenoxy) is 4. The minimum Gasteiger partial charge on any atom is -0.497 e. The van der Waals surface area contributed by atoms with Gasteiger partial charge in [-0.2, -0.15) is 0 Å². The van der Waals surface area contributed by atoms with Crippen molar-refractivity contribution in [3.05, 3.63) is 70.4 Å². The van der Waals surface area contributed by atoms with Crippen LogP contribution in [-0.2, 0) is 22.5 Å². The van der Waals surface area contributed by atoms with E-state index in [2.05, 4.69) is 5.32 Å². The molecule has 1 aromatic heterocycles. The molecule has 3 aromatic rings. The fourth-order valence-corrected chi connectivity index (χ4v) is 5.32. The van der Waals surface area contributed by atoms with Crippen molar-refractivity contribution in [3.63, 3.8) is 0 Å². The van der Waals surface area contributed by atoms with Crippen LogP contribution < -0.4 is 19.5 Å². The van der Waals surface area contributed by atoms with Crippen LogP contribution in [0.4, 0.5) is 10.5 Å². The van der Waals surface area contributed by atoms with Crippen LogP contribution in [0.3, 0.4) is 0 Å². The molecule has 214 valence electrons. The summed E-state index contributed by atoms with van der Waals surface area (Å²) in [7, 11) is 4.78. The molecular formula is C30H37N3O6S. The molecule has 40 heavy (non-hydrogen) atoms. The first kappa shape index (κ1) is 29.2. The first-order chi connectivity index (χ1) is 19.5. The number of nitrogens with one attached hydrogen (secondary N) is 1. The molecule has 3 amide bonds. The zero-order valence-electron chi connectivity index (χ0n) is 23.3. The lowest BCUT2D eigenvalue weighted by Gasteiger charge is -2.29. The first-order valence-electron chi connectivity index (χ1n) is 13.3. The van der Waals surface area contributed by atoms with Gasteiger partial charge in [-0.3, -0.25) is 4.79 Å². The third kappa shape index (κ3) is 8.12. The van der Waals surface area contributed by atoms with Gasteiger partial charge in [0, 0.05) is 36.3 Å². The summed E-state index contributed by atoms with van der Waals surface area (Å²) in [6, 6.07) is 16.6. The minimum atomic E-state index is -0.354. The second-order valence-electron chi connectivity index (χ2n) is 9.51. The van der Waals surface area contributed by atoms with E-state index in [-0.39, 0.29) is 24.6 Å². The molecule has 10 heteroatoms. The molecule has 0 saturated carbocycles. The Balaban J connectivity index is 1.49. The van der Waals surface area contributed by atoms with Gasteiger partial charge in [0.25, 0.3) is 0 Å². The molecule has 2 aromatic carbocycles. The molecule has 1 aliphatic rings. The number of carbonyl (C=O) groups excluding carboxylic acids is 2. The maximum Gasteiger partial charge on any atom is 0.322 e. The molecule has 2 heterocycles. The molecule has 0 aliphatic carbocycles. The SMILES string of the molecule is COc1cccc(NC(=O)N(CC(=O)N(CCc2ccc(OC)c(OC)c2)Cc2cccs2)C[C@@H]2CCCO2)c1. The summed E-state index contributed by atoms with van der Waals surface area (Å²) >= 11 is 1.60. The maximum absolute atomic E-state index is 13.8. The Hall–Kier alpha value is -3.76. The van der Waals surface area contributed by atoms with Crippen molar-refractivity contribution < 1.29 is 28.5 Å². The number of hydrogen-bond acceptors (Lipinski definition) is 7. The van der Waals surface area contributed by atoms with E-state index in [4.69, 9.17) is 18.9 Å². The minimum absolute atomic E-state index is 0.0625. The number of hydrogen-bond donors (Lipinski definition) is 1. The third-order valence-corrected chi connectivity index (χ3v) is 7.64. The highest BCUT2D eigenvalue weighted by Crippen LogP contribution is 2.28. The van der Waals surface area contributed by atoms with Crippen molar-refractivity contribution in [2.45, 2.75) is 31.9 Å². The van der Waals surface area contributed by atoms with Crippen molar-refractivity contribution in [2.75, 3.05) is 52.9 Å². The number of anilines is 1. The lowest BCUT2D eigenvalue weighted by atomic mass is 10.1. The molecule has 0 radical (unpaired) electrons. The van der Waals surface area contributed by atoms with E-state index in [1.807, 2.05) is 46.7 Å². The fraction of sp³-hybridized carbons (Fsp3) is 0.400. The number of carbonyl (C=O) groups is 2. The van der Waals surface area contributed by atoms with Gasteiger partial charge >= 0.3 is 6.03 Å². The van der Waals surface area contributed by atoms with Gasteiger partial charge in [0.1, 0.15) is 12.3 Å². The van der Waals surface area contributed by atoms with Crippen LogP contribution in [0, 0.1) is 0 Å². The van der Waals surface area contributed by atoms with E-state index in [0.29, 0.717) is 55.6 Å². The predicted octanol–water partition coefficient (Wildman–Crippen LogP) is 5.06. The van der Waals surface area contributed by atoms with Crippen LogP contribution >= 0.6 is 11.3 Å². The zero-order chi connectivity index (χ0) is 28.3. The largest absolute Gasteiger partial charge is 0.497 e. The van der Waals surface area contributed by atoms with E-state index in [0.717, 1.165) is 23.3 Å². The third-order valence-electron chi connectivity index (χ3n) is 6.78. The van der Waals surface area contributed by atoms with E-state index in [9.17, 15) is 9.59 Å². The molecule has 0 unspecified atom stereocenters. The number of methoxy groups -OCH3 is 3. The van der Waals surface area contributed by atoms with Crippen LogP contribution in [0.2, 0.25) is 0 Å². The fourth-order valence-electron chi connectivity index (χ4n) is 4.60. The van der Waals surface area contributed by atoms with Gasteiger partial charge in [-0.15, -0.1) is 11.3 Å². The van der Waals surface area contributed by atoms with Gasteiger partial charge in [-0.05, 0) is 60.5 Å². The van der Waals surface area contributed by atoms with Crippen LogP contribution in [0.5, 0.6) is 17.2 Å². The lowest BCUT2D eigenvalue weighted by Crippen LogP contribution is -2.47. The zero-order valence-corrected chi connectivity index (χ0v) is 24.1. The number of urea groups is 1. The number of benzene rings is 2. The average molecular weight is 568 g/mol. The summed E-state index contributed by atoms with van der Waals surface area (Å²) in [5, 5.41) is 4.92. The van der Waals surface area contributed by atoms with E-state index < -0.39 is 0 Å². The summed E-state index contributed by atoms with van der Waals surface area (Å²) in [4.78, 5) is 31.6. The van der Waals surface area contributed by atoms with Crippen molar-refractivity contribution >= 4 is 29.0 Å². The predicted molar refractivity (Wildman–Crippen MR) is 156 cm³/mol. The Kier molecular flexibility index (Phi) is 10.7. The van der Waals surface area contributed by atoms with Crippen molar-refractivity contribution in [1.29, 1.82) is 0 Å². The summed E-state index contributed by atoms with van der Waals surface area (Å²) < 4.78 is 21.9. The molecule has 4 rings (SSSR count). The second kappa shape index (κ2) is 14.6. The van der Waals surface area contributed by atoms with E-state index in [1.165, 1.54) is 0 Å². The van der Waals surface area contributed by atoms with Gasteiger partial charge in [0.2, 0.25) is 5.91 Å². The van der Waals surface area contributed by atoms with Crippen LogP contribution in [0.15, 0.2) is 60.0 Å². The standard InChI is InChI=1S/C30H37N3O6S/c1-36-24-8-4-7-23(18-24)31-30(35)33(19-25-9-5-15-39-25)21-29(34)32(20-26-10-6-16-40-26)14-13-22-11-12-27(37-2)28(17-22)38-3/h4,6-8,10-12,16-18,25H,5,9,13-15,19-21H2,1-3H3,(H,31,35)/t25-/m0/s1. The van der Waals surface area contributed by atoms with Crippen LogP contribution in [0.1, 0.15) is 23.3 Å². The van der Waals surface area contributed by atoms with Gasteiger partial charge in [0.15, 0.2) is 11.5 Å². The van der Waals surface area contributed by atoms with Gasteiger partial charge in [-0.1, -0.05) is 18.2 Å². The molecule has 1 aliphatic heterocycles. The van der Waals surface area contributed by atoms with Gasteiger partial charge in [0.05, 0.1) is 34.0 Å². The Labute approximate surface area is 239 Å². The summed E-state index contributed by atoms with van der Waals surface area (Å²) in [6.07, 6.45) is 2.33. The van der Waals surface area contributed by atoms with Crippen molar-refractivity contribution in [2.24, 2.45) is 0 Å². The van der Waals surface area contributed by atoms with Crippen molar-refractivity contribution in [1.82, 2.24) is 9.80 Å². The van der Waals surface area contributed by atoms with Crippen LogP contribution in [-0.4, -0.2) is 75.4 Å². The second-order valence-corrected chi connectivity index (χ2v) is 10.5. The van der Waals surface area contributed by atoms with Gasteiger partial charge in [-0.25, -0.2) is 4.79 Å². The summed E-state index contributed by atoms with van der Waals surface area (Å²) in [6.45, 7) is 1.89. The number of nitrogens with zero attached hydrogens (tertiary/aromatic N) is 2. The Morgan fingerprint density at radius 1 is 1.00 bits per heavy atom. The monoisotopic (exact) mass is 567 g/mol. The molecule has 0 bridgehead atoms. The Morgan fingerprint density at radius 3 is 2.55 bits per heavy atom. The maximum atomic E-state index is 13.8. The Morgan fingerprint density at radius 2 is 1.85 bits per heavy atom. The topological polar surface area (TPSA) is 89.6 Å². The molecule has 1 saturated heterocycles. The highest BCUT2D eigenvalue weighted by Gasteiger charge is 2.27. The molecule has 9 nitrogen and oxygen atoms in total. The van der Waals surface area contributed by atoms with E-state index >= 15 is 0 Å². The highest BCUT2D eigenvalue weighted by molar-refractivity contribution is 7.09. The molecule has 0 spiro atoms. The number of thiophene rings is 1.